The minimum atomic E-state index is -3.43. The number of carbonyl (C=O) groups is 1. The average molecular weight is 309 g/mol. The van der Waals surface area contributed by atoms with E-state index in [0.717, 1.165) is 19.3 Å². The summed E-state index contributed by atoms with van der Waals surface area (Å²) in [6.07, 6.45) is 3.28. The zero-order chi connectivity index (χ0) is 15.5. The lowest BCUT2D eigenvalue weighted by molar-refractivity contribution is 0.0981. The highest BCUT2D eigenvalue weighted by molar-refractivity contribution is 7.89. The summed E-state index contributed by atoms with van der Waals surface area (Å²) < 4.78 is 26.7. The van der Waals surface area contributed by atoms with Gasteiger partial charge in [-0.3, -0.25) is 4.79 Å². The van der Waals surface area contributed by atoms with Crippen molar-refractivity contribution < 1.29 is 13.2 Å². The molecule has 1 saturated heterocycles. The fourth-order valence-corrected chi connectivity index (χ4v) is 4.30. The van der Waals surface area contributed by atoms with Crippen molar-refractivity contribution in [3.8, 4) is 0 Å². The number of piperidine rings is 1. The maximum Gasteiger partial charge on any atom is 0.243 e. The van der Waals surface area contributed by atoms with E-state index in [1.54, 1.807) is 28.6 Å². The summed E-state index contributed by atoms with van der Waals surface area (Å²) in [7, 11) is -3.43. The van der Waals surface area contributed by atoms with Crippen molar-refractivity contribution in [2.75, 3.05) is 13.1 Å². The predicted molar refractivity (Wildman–Crippen MR) is 82.8 cm³/mol. The third-order valence-corrected chi connectivity index (χ3v) is 5.79. The summed E-state index contributed by atoms with van der Waals surface area (Å²) in [4.78, 5) is 12.1. The molecule has 1 aliphatic heterocycles. The van der Waals surface area contributed by atoms with Gasteiger partial charge in [-0.15, -0.1) is 0 Å². The molecule has 0 N–H and O–H groups in total. The lowest BCUT2D eigenvalue weighted by Crippen LogP contribution is -2.39. The van der Waals surface area contributed by atoms with Crippen LogP contribution < -0.4 is 0 Å². The number of hydrogen-bond acceptors (Lipinski definition) is 3. The van der Waals surface area contributed by atoms with E-state index in [0.29, 0.717) is 31.0 Å². The van der Waals surface area contributed by atoms with Gasteiger partial charge in [0.25, 0.3) is 0 Å². The number of nitrogens with zero attached hydrogens (tertiary/aromatic N) is 1. The number of hydrogen-bond donors (Lipinski definition) is 0. The predicted octanol–water partition coefficient (Wildman–Crippen LogP) is 3.09. The molecule has 1 aromatic rings. The van der Waals surface area contributed by atoms with Crippen LogP contribution in [0.1, 0.15) is 49.9 Å². The molecule has 0 aromatic heterocycles. The molecular weight excluding hydrogens is 286 g/mol. The van der Waals surface area contributed by atoms with E-state index in [4.69, 9.17) is 0 Å². The molecule has 1 heterocycles. The second-order valence-electron chi connectivity index (χ2n) is 5.81. The molecule has 0 amide bonds. The Bertz CT molecular complexity index is 592. The van der Waals surface area contributed by atoms with Gasteiger partial charge >= 0.3 is 0 Å². The minimum absolute atomic E-state index is 0.0630. The standard InChI is InChI=1S/C16H23NO3S/c1-3-5-16(18)14-7-9-15(10-8-14)21(19,20)17-11-4-6-13(2)12-17/h7-10,13H,3-6,11-12H2,1-2H3. The van der Waals surface area contributed by atoms with Crippen LogP contribution in [-0.2, 0) is 10.0 Å². The molecule has 0 aliphatic carbocycles. The summed E-state index contributed by atoms with van der Waals surface area (Å²) in [6.45, 7) is 5.20. The first-order chi connectivity index (χ1) is 9.95. The Morgan fingerprint density at radius 1 is 1.29 bits per heavy atom. The van der Waals surface area contributed by atoms with Crippen LogP contribution in [0.3, 0.4) is 0 Å². The third-order valence-electron chi connectivity index (χ3n) is 3.91. The highest BCUT2D eigenvalue weighted by Crippen LogP contribution is 2.23. The normalized spacial score (nSPS) is 20.4. The fraction of sp³-hybridized carbons (Fsp3) is 0.562. The molecule has 5 heteroatoms. The first-order valence-corrected chi connectivity index (χ1v) is 9.02. The monoisotopic (exact) mass is 309 g/mol. The molecule has 0 spiro atoms. The number of Topliss-reactive ketones (excluding diaryl/α,β-unsaturated/α-hetero) is 1. The summed E-state index contributed by atoms with van der Waals surface area (Å²) in [5.41, 5.74) is 0.586. The Morgan fingerprint density at radius 2 is 1.95 bits per heavy atom. The Kier molecular flexibility index (Phi) is 5.17. The van der Waals surface area contributed by atoms with Gasteiger partial charge in [-0.05, 0) is 37.3 Å². The molecule has 0 radical (unpaired) electrons. The SMILES string of the molecule is CCCC(=O)c1ccc(S(=O)(=O)N2CCCC(C)C2)cc1. The van der Waals surface area contributed by atoms with Crippen LogP contribution in [0.4, 0.5) is 0 Å². The van der Waals surface area contributed by atoms with Crippen LogP contribution >= 0.6 is 0 Å². The minimum Gasteiger partial charge on any atom is -0.294 e. The molecule has 4 nitrogen and oxygen atoms in total. The molecule has 2 rings (SSSR count). The second kappa shape index (κ2) is 6.71. The summed E-state index contributed by atoms with van der Waals surface area (Å²) >= 11 is 0. The number of carbonyl (C=O) groups excluding carboxylic acids is 1. The zero-order valence-corrected chi connectivity index (χ0v) is 13.5. The smallest absolute Gasteiger partial charge is 0.243 e. The Morgan fingerprint density at radius 3 is 2.52 bits per heavy atom. The number of sulfonamides is 1. The number of benzene rings is 1. The largest absolute Gasteiger partial charge is 0.294 e. The van der Waals surface area contributed by atoms with Crippen LogP contribution in [0, 0.1) is 5.92 Å². The fourth-order valence-electron chi connectivity index (χ4n) is 2.70. The van der Waals surface area contributed by atoms with E-state index in [-0.39, 0.29) is 10.7 Å². The van der Waals surface area contributed by atoms with Crippen LogP contribution in [0.5, 0.6) is 0 Å². The van der Waals surface area contributed by atoms with Crippen molar-refractivity contribution >= 4 is 15.8 Å². The molecule has 1 aliphatic rings. The Balaban J connectivity index is 2.19. The number of rotatable bonds is 5. The van der Waals surface area contributed by atoms with E-state index in [9.17, 15) is 13.2 Å². The topological polar surface area (TPSA) is 54.5 Å². The first kappa shape index (κ1) is 16.2. The van der Waals surface area contributed by atoms with E-state index in [1.165, 1.54) is 0 Å². The van der Waals surface area contributed by atoms with Gasteiger partial charge in [0, 0.05) is 25.1 Å². The Labute approximate surface area is 127 Å². The van der Waals surface area contributed by atoms with Gasteiger partial charge in [-0.2, -0.15) is 4.31 Å². The lowest BCUT2D eigenvalue weighted by Gasteiger charge is -2.30. The van der Waals surface area contributed by atoms with E-state index in [1.807, 2.05) is 6.92 Å². The molecule has 1 aromatic carbocycles. The van der Waals surface area contributed by atoms with Gasteiger partial charge in [-0.25, -0.2) is 8.42 Å². The van der Waals surface area contributed by atoms with Crippen LogP contribution in [0.25, 0.3) is 0 Å². The third kappa shape index (κ3) is 3.71. The summed E-state index contributed by atoms with van der Waals surface area (Å²) in [5.74, 6) is 0.465. The zero-order valence-electron chi connectivity index (χ0n) is 12.7. The maximum absolute atomic E-state index is 12.6. The van der Waals surface area contributed by atoms with Crippen LogP contribution in [0.15, 0.2) is 29.2 Å². The molecule has 0 bridgehead atoms. The molecule has 1 atom stereocenters. The highest BCUT2D eigenvalue weighted by Gasteiger charge is 2.28. The molecular formula is C16H23NO3S. The van der Waals surface area contributed by atoms with Crippen molar-refractivity contribution in [2.24, 2.45) is 5.92 Å². The highest BCUT2D eigenvalue weighted by atomic mass is 32.2. The van der Waals surface area contributed by atoms with Gasteiger partial charge in [0.2, 0.25) is 10.0 Å². The van der Waals surface area contributed by atoms with Crippen molar-refractivity contribution in [1.29, 1.82) is 0 Å². The maximum atomic E-state index is 12.6. The van der Waals surface area contributed by atoms with Crippen molar-refractivity contribution in [3.05, 3.63) is 29.8 Å². The van der Waals surface area contributed by atoms with Crippen molar-refractivity contribution in [1.82, 2.24) is 4.31 Å². The average Bonchev–Trinajstić information content (AvgIpc) is 2.47. The van der Waals surface area contributed by atoms with E-state index >= 15 is 0 Å². The summed E-state index contributed by atoms with van der Waals surface area (Å²) in [5, 5.41) is 0. The Hall–Kier alpha value is -1.20. The van der Waals surface area contributed by atoms with Crippen molar-refractivity contribution in [2.45, 2.75) is 44.4 Å². The van der Waals surface area contributed by atoms with Gasteiger partial charge in [-0.1, -0.05) is 26.0 Å². The molecule has 1 unspecified atom stereocenters. The van der Waals surface area contributed by atoms with E-state index < -0.39 is 10.0 Å². The molecule has 0 saturated carbocycles. The molecule has 21 heavy (non-hydrogen) atoms. The van der Waals surface area contributed by atoms with Crippen molar-refractivity contribution in [3.63, 3.8) is 0 Å². The van der Waals surface area contributed by atoms with Crippen LogP contribution in [0.2, 0.25) is 0 Å². The van der Waals surface area contributed by atoms with Gasteiger partial charge in [0.05, 0.1) is 4.90 Å². The van der Waals surface area contributed by atoms with Gasteiger partial charge in [0.15, 0.2) is 5.78 Å². The van der Waals surface area contributed by atoms with Gasteiger partial charge < -0.3 is 0 Å². The quantitative estimate of drug-likeness (QED) is 0.785. The summed E-state index contributed by atoms with van der Waals surface area (Å²) in [6, 6.07) is 6.35. The molecule has 1 fully saturated rings. The second-order valence-corrected chi connectivity index (χ2v) is 7.75. The molecule has 116 valence electrons. The number of ketones is 1. The lowest BCUT2D eigenvalue weighted by atomic mass is 10.0. The van der Waals surface area contributed by atoms with E-state index in [2.05, 4.69) is 6.92 Å². The first-order valence-electron chi connectivity index (χ1n) is 7.58. The van der Waals surface area contributed by atoms with Gasteiger partial charge in [0.1, 0.15) is 0 Å². The van der Waals surface area contributed by atoms with Crippen LogP contribution in [-0.4, -0.2) is 31.6 Å².